The summed E-state index contributed by atoms with van der Waals surface area (Å²) < 4.78 is 0. The number of aliphatic carboxylic acids is 1. The van der Waals surface area contributed by atoms with Crippen LogP contribution in [0, 0.1) is 23.7 Å². The van der Waals surface area contributed by atoms with Gasteiger partial charge in [-0.1, -0.05) is 32.1 Å². The fourth-order valence-corrected chi connectivity index (χ4v) is 4.11. The maximum Gasteiger partial charge on any atom is 0.328 e. The Hall–Kier alpha value is -1.64. The van der Waals surface area contributed by atoms with Crippen LogP contribution in [-0.4, -0.2) is 16.9 Å². The first-order chi connectivity index (χ1) is 9.90. The minimum atomic E-state index is -0.956. The van der Waals surface area contributed by atoms with Gasteiger partial charge in [0, 0.05) is 12.5 Å². The van der Waals surface area contributed by atoms with Crippen LogP contribution in [0.15, 0.2) is 35.5 Å². The van der Waals surface area contributed by atoms with Crippen LogP contribution >= 0.6 is 0 Å². The smallest absolute Gasteiger partial charge is 0.328 e. The SMILES string of the molecule is CC1=C(/C=C/C=C/C(=O)O)[C@H]2[C@@H](CC1=O)C[C@@H](C)C[C@@H]2C. The van der Waals surface area contributed by atoms with E-state index in [2.05, 4.69) is 13.8 Å². The number of rotatable bonds is 3. The van der Waals surface area contributed by atoms with Crippen LogP contribution in [0.3, 0.4) is 0 Å². The van der Waals surface area contributed by atoms with E-state index in [1.54, 1.807) is 6.08 Å². The van der Waals surface area contributed by atoms with Crippen LogP contribution < -0.4 is 0 Å². The highest BCUT2D eigenvalue weighted by Gasteiger charge is 2.40. The van der Waals surface area contributed by atoms with Gasteiger partial charge in [-0.2, -0.15) is 0 Å². The molecule has 0 aromatic heterocycles. The first-order valence-electron chi connectivity index (χ1n) is 7.71. The average molecular weight is 288 g/mol. The molecule has 0 radical (unpaired) electrons. The molecule has 3 nitrogen and oxygen atoms in total. The Labute approximate surface area is 126 Å². The molecule has 0 spiro atoms. The van der Waals surface area contributed by atoms with Crippen molar-refractivity contribution in [1.82, 2.24) is 0 Å². The number of ketones is 1. The van der Waals surface area contributed by atoms with E-state index in [1.807, 2.05) is 13.0 Å². The van der Waals surface area contributed by atoms with Crippen LogP contribution in [0.1, 0.15) is 40.0 Å². The van der Waals surface area contributed by atoms with Gasteiger partial charge in [0.15, 0.2) is 5.78 Å². The van der Waals surface area contributed by atoms with Gasteiger partial charge < -0.3 is 5.11 Å². The summed E-state index contributed by atoms with van der Waals surface area (Å²) in [6.45, 7) is 6.45. The van der Waals surface area contributed by atoms with Crippen molar-refractivity contribution in [3.8, 4) is 0 Å². The Morgan fingerprint density at radius 2 is 1.95 bits per heavy atom. The highest BCUT2D eigenvalue weighted by atomic mass is 16.4. The van der Waals surface area contributed by atoms with E-state index < -0.39 is 5.97 Å². The van der Waals surface area contributed by atoms with Crippen molar-refractivity contribution in [2.45, 2.75) is 40.0 Å². The van der Waals surface area contributed by atoms with Crippen LogP contribution in [0.4, 0.5) is 0 Å². The normalized spacial score (nSPS) is 33.8. The number of carbonyl (C=O) groups excluding carboxylic acids is 1. The van der Waals surface area contributed by atoms with Crippen molar-refractivity contribution in [2.75, 3.05) is 0 Å². The largest absolute Gasteiger partial charge is 0.478 e. The molecular formula is C18H24O3. The highest BCUT2D eigenvalue weighted by molar-refractivity contribution is 5.97. The molecule has 21 heavy (non-hydrogen) atoms. The number of allylic oxidation sites excluding steroid dienone is 5. The van der Waals surface area contributed by atoms with Crippen LogP contribution in [0.5, 0.6) is 0 Å². The lowest BCUT2D eigenvalue weighted by Crippen LogP contribution is -2.37. The number of carboxylic acids is 1. The van der Waals surface area contributed by atoms with Gasteiger partial charge in [-0.05, 0) is 54.6 Å². The fraction of sp³-hybridized carbons (Fsp3) is 0.556. The quantitative estimate of drug-likeness (QED) is 0.635. The zero-order valence-corrected chi connectivity index (χ0v) is 13.0. The van der Waals surface area contributed by atoms with Crippen molar-refractivity contribution in [1.29, 1.82) is 0 Å². The van der Waals surface area contributed by atoms with Crippen LogP contribution in [0.2, 0.25) is 0 Å². The second-order valence-electron chi connectivity index (χ2n) is 6.60. The molecule has 1 saturated carbocycles. The van der Waals surface area contributed by atoms with Gasteiger partial charge in [-0.15, -0.1) is 0 Å². The average Bonchev–Trinajstić information content (AvgIpc) is 2.38. The molecule has 0 aliphatic heterocycles. The summed E-state index contributed by atoms with van der Waals surface area (Å²) in [6, 6.07) is 0. The van der Waals surface area contributed by atoms with E-state index in [4.69, 9.17) is 5.11 Å². The molecule has 2 aliphatic carbocycles. The van der Waals surface area contributed by atoms with Crippen LogP contribution in [-0.2, 0) is 9.59 Å². The second kappa shape index (κ2) is 6.42. The molecule has 0 heterocycles. The van der Waals surface area contributed by atoms with Crippen molar-refractivity contribution in [3.05, 3.63) is 35.5 Å². The molecule has 0 aromatic carbocycles. The summed E-state index contributed by atoms with van der Waals surface area (Å²) in [7, 11) is 0. The fourth-order valence-electron chi connectivity index (χ4n) is 4.11. The predicted molar refractivity (Wildman–Crippen MR) is 82.8 cm³/mol. The Morgan fingerprint density at radius 3 is 2.62 bits per heavy atom. The lowest BCUT2D eigenvalue weighted by atomic mass is 9.61. The van der Waals surface area contributed by atoms with E-state index in [0.29, 0.717) is 30.1 Å². The first-order valence-corrected chi connectivity index (χ1v) is 7.71. The van der Waals surface area contributed by atoms with Gasteiger partial charge in [-0.25, -0.2) is 4.79 Å². The van der Waals surface area contributed by atoms with E-state index in [0.717, 1.165) is 23.6 Å². The van der Waals surface area contributed by atoms with Gasteiger partial charge >= 0.3 is 5.97 Å². The molecule has 0 amide bonds. The molecule has 0 aromatic rings. The minimum Gasteiger partial charge on any atom is -0.478 e. The Kier molecular flexibility index (Phi) is 4.81. The molecule has 0 saturated heterocycles. The third kappa shape index (κ3) is 3.52. The summed E-state index contributed by atoms with van der Waals surface area (Å²) in [5, 5.41) is 8.62. The predicted octanol–water partition coefficient (Wildman–Crippen LogP) is 3.77. The number of fused-ring (bicyclic) bond motifs is 1. The number of hydrogen-bond donors (Lipinski definition) is 1. The van der Waals surface area contributed by atoms with Crippen molar-refractivity contribution >= 4 is 11.8 Å². The van der Waals surface area contributed by atoms with E-state index in [1.165, 1.54) is 12.5 Å². The third-order valence-electron chi connectivity index (χ3n) is 4.88. The van der Waals surface area contributed by atoms with Gasteiger partial charge in [0.05, 0.1) is 0 Å². The van der Waals surface area contributed by atoms with Crippen molar-refractivity contribution in [3.63, 3.8) is 0 Å². The molecular weight excluding hydrogens is 264 g/mol. The lowest BCUT2D eigenvalue weighted by molar-refractivity contribution is -0.131. The minimum absolute atomic E-state index is 0.249. The summed E-state index contributed by atoms with van der Waals surface area (Å²) in [6.07, 6.45) is 9.31. The van der Waals surface area contributed by atoms with Gasteiger partial charge in [-0.3, -0.25) is 4.79 Å². The summed E-state index contributed by atoms with van der Waals surface area (Å²) in [4.78, 5) is 22.7. The lowest BCUT2D eigenvalue weighted by Gasteiger charge is -2.43. The topological polar surface area (TPSA) is 54.4 Å². The summed E-state index contributed by atoms with van der Waals surface area (Å²) >= 11 is 0. The van der Waals surface area contributed by atoms with Gasteiger partial charge in [0.1, 0.15) is 0 Å². The molecule has 2 aliphatic rings. The maximum absolute atomic E-state index is 12.2. The highest BCUT2D eigenvalue weighted by Crippen LogP contribution is 2.47. The Morgan fingerprint density at radius 1 is 1.24 bits per heavy atom. The second-order valence-corrected chi connectivity index (χ2v) is 6.60. The molecule has 1 N–H and O–H groups in total. The van der Waals surface area contributed by atoms with E-state index >= 15 is 0 Å². The van der Waals surface area contributed by atoms with E-state index in [9.17, 15) is 9.59 Å². The molecule has 3 heteroatoms. The van der Waals surface area contributed by atoms with Gasteiger partial charge in [0.2, 0.25) is 0 Å². The number of Topliss-reactive ketones (excluding diaryl/α,β-unsaturated/α-hetero) is 1. The molecule has 1 fully saturated rings. The molecule has 4 atom stereocenters. The molecule has 114 valence electrons. The Bertz CT molecular complexity index is 525. The van der Waals surface area contributed by atoms with Gasteiger partial charge in [0.25, 0.3) is 0 Å². The summed E-state index contributed by atoms with van der Waals surface area (Å²) in [5.74, 6) is 1.44. The molecule has 2 rings (SSSR count). The standard InChI is InChI=1S/C18H24O3/c1-11-8-12(2)18-14(9-11)10-16(19)13(3)15(18)6-4-5-7-17(20)21/h4-7,11-12,14,18H,8-10H2,1-3H3,(H,20,21)/b6-4+,7-5+/t11-,12-,14+,18+/m0/s1. The zero-order chi connectivity index (χ0) is 15.6. The monoisotopic (exact) mass is 288 g/mol. The maximum atomic E-state index is 12.2. The van der Waals surface area contributed by atoms with Crippen molar-refractivity contribution < 1.29 is 14.7 Å². The summed E-state index contributed by atoms with van der Waals surface area (Å²) in [5.41, 5.74) is 1.98. The van der Waals surface area contributed by atoms with E-state index in [-0.39, 0.29) is 5.78 Å². The Balaban J connectivity index is 2.28. The number of hydrogen-bond acceptors (Lipinski definition) is 2. The van der Waals surface area contributed by atoms with Crippen LogP contribution in [0.25, 0.3) is 0 Å². The number of carboxylic acid groups (broad SMARTS) is 1. The third-order valence-corrected chi connectivity index (χ3v) is 4.88. The number of carbonyl (C=O) groups is 2. The molecule has 0 bridgehead atoms. The zero-order valence-electron chi connectivity index (χ0n) is 13.0. The molecule has 0 unspecified atom stereocenters. The first kappa shape index (κ1) is 15.7. The van der Waals surface area contributed by atoms with Crippen molar-refractivity contribution in [2.24, 2.45) is 23.7 Å².